The largest absolute Gasteiger partial charge is 0.593 e. The lowest BCUT2D eigenvalue weighted by Gasteiger charge is -2.17. The molecule has 5 rings (SSSR count). The number of thiazole rings is 1. The molecule has 1 aromatic heterocycles. The molecule has 1 aliphatic carbocycles. The van der Waals surface area contributed by atoms with E-state index < -0.39 is 29.0 Å². The monoisotopic (exact) mass is 592 g/mol. The van der Waals surface area contributed by atoms with Crippen molar-refractivity contribution < 1.29 is 23.2 Å². The second kappa shape index (κ2) is 12.3. The van der Waals surface area contributed by atoms with Gasteiger partial charge in [0.05, 0.1) is 11.4 Å². The van der Waals surface area contributed by atoms with Crippen molar-refractivity contribution in [3.05, 3.63) is 106 Å². The normalized spacial score (nSPS) is 15.0. The second-order valence-electron chi connectivity index (χ2n) is 9.74. The number of aromatic nitrogens is 1. The Labute approximate surface area is 242 Å². The molecule has 41 heavy (non-hydrogen) atoms. The molecule has 1 aliphatic rings. The highest BCUT2D eigenvalue weighted by Crippen LogP contribution is 2.37. The third-order valence-corrected chi connectivity index (χ3v) is 8.22. The van der Waals surface area contributed by atoms with Gasteiger partial charge in [0.25, 0.3) is 0 Å². The maximum atomic E-state index is 14.9. The van der Waals surface area contributed by atoms with E-state index in [1.165, 1.54) is 29.6 Å². The first-order valence-electron chi connectivity index (χ1n) is 12.7. The van der Waals surface area contributed by atoms with Gasteiger partial charge in [0, 0.05) is 34.3 Å². The highest BCUT2D eigenvalue weighted by Gasteiger charge is 2.27. The molecule has 1 saturated carbocycles. The number of allylic oxidation sites excluding steroid dienone is 1. The Morgan fingerprint density at radius 2 is 1.88 bits per heavy atom. The minimum absolute atomic E-state index is 0.0957. The van der Waals surface area contributed by atoms with Gasteiger partial charge in [-0.2, -0.15) is 0 Å². The average Bonchev–Trinajstić information content (AvgIpc) is 3.64. The first kappa shape index (κ1) is 28.6. The van der Waals surface area contributed by atoms with E-state index in [2.05, 4.69) is 4.98 Å². The molecule has 210 valence electrons. The van der Waals surface area contributed by atoms with Crippen molar-refractivity contribution in [2.24, 2.45) is 21.8 Å². The van der Waals surface area contributed by atoms with E-state index in [-0.39, 0.29) is 16.4 Å². The molecule has 0 bridgehead atoms. The van der Waals surface area contributed by atoms with Crippen LogP contribution in [-0.2, 0) is 17.8 Å². The lowest BCUT2D eigenvalue weighted by atomic mass is 9.92. The summed E-state index contributed by atoms with van der Waals surface area (Å²) in [6, 6.07) is 17.1. The zero-order valence-electron chi connectivity index (χ0n) is 21.7. The van der Waals surface area contributed by atoms with Gasteiger partial charge in [-0.05, 0) is 84.3 Å². The van der Waals surface area contributed by atoms with Crippen LogP contribution < -0.4 is 10.9 Å². The third kappa shape index (κ3) is 7.06. The van der Waals surface area contributed by atoms with E-state index in [0.717, 1.165) is 29.7 Å². The van der Waals surface area contributed by atoms with Crippen LogP contribution in [0.25, 0.3) is 16.8 Å². The van der Waals surface area contributed by atoms with Crippen molar-refractivity contribution in [1.82, 2.24) is 4.98 Å². The van der Waals surface area contributed by atoms with E-state index in [9.17, 15) is 23.2 Å². The Morgan fingerprint density at radius 1 is 1.12 bits per heavy atom. The summed E-state index contributed by atoms with van der Waals surface area (Å²) < 4.78 is 40.5. The molecule has 7 nitrogen and oxygen atoms in total. The molecule has 11 heteroatoms. The summed E-state index contributed by atoms with van der Waals surface area (Å²) in [6.45, 7) is 0. The van der Waals surface area contributed by atoms with Crippen molar-refractivity contribution in [2.75, 3.05) is 0 Å². The fourth-order valence-corrected chi connectivity index (χ4v) is 5.49. The van der Waals surface area contributed by atoms with Gasteiger partial charge in [0.1, 0.15) is 11.6 Å². The zero-order valence-corrected chi connectivity index (χ0v) is 23.4. The molecule has 0 radical (unpaired) electrons. The van der Waals surface area contributed by atoms with Gasteiger partial charge >= 0.3 is 5.97 Å². The summed E-state index contributed by atoms with van der Waals surface area (Å²) in [6.07, 6.45) is 2.99. The number of hydrogen-bond acceptors (Lipinski definition) is 7. The van der Waals surface area contributed by atoms with Crippen LogP contribution in [0.1, 0.15) is 40.9 Å². The molecule has 1 atom stereocenters. The van der Waals surface area contributed by atoms with Crippen LogP contribution in [0.15, 0.2) is 87.6 Å². The first-order chi connectivity index (χ1) is 19.7. The molecule has 3 aromatic carbocycles. The number of aromatic carboxylic acids is 1. The highest BCUT2D eigenvalue weighted by molar-refractivity contribution is 7.89. The number of carboxylic acid groups (broad SMARTS) is 1. The van der Waals surface area contributed by atoms with E-state index in [0.29, 0.717) is 51.8 Å². The van der Waals surface area contributed by atoms with Crippen molar-refractivity contribution in [3.63, 3.8) is 0 Å². The Hall–Kier alpha value is -3.90. The average molecular weight is 593 g/mol. The SMILES string of the molecule is NC(=C(Cc1ccc([S+](N)[O-])cc1)C(CC1CC1)=Nc1nc(C(=O)O)cs1)c1ccc(F)c(-c2cccc(F)c2)c1. The molecule has 1 fully saturated rings. The summed E-state index contributed by atoms with van der Waals surface area (Å²) >= 11 is -0.510. The van der Waals surface area contributed by atoms with Gasteiger partial charge < -0.3 is 15.4 Å². The van der Waals surface area contributed by atoms with Crippen LogP contribution in [0.5, 0.6) is 0 Å². The molecular weight excluding hydrogens is 566 g/mol. The van der Waals surface area contributed by atoms with Crippen LogP contribution in [-0.4, -0.2) is 26.3 Å². The Bertz CT molecular complexity index is 1650. The predicted octanol–water partition coefficient (Wildman–Crippen LogP) is 6.25. The molecule has 0 saturated heterocycles. The zero-order chi connectivity index (χ0) is 29.1. The number of carboxylic acids is 1. The lowest BCUT2D eigenvalue weighted by Crippen LogP contribution is -2.15. The minimum Gasteiger partial charge on any atom is -0.593 e. The van der Waals surface area contributed by atoms with Crippen LogP contribution in [0.3, 0.4) is 0 Å². The van der Waals surface area contributed by atoms with Gasteiger partial charge in [-0.25, -0.2) is 23.6 Å². The standard InChI is InChI=1S/C30H26F2N4O3S2/c31-21-3-1-2-19(14-21)23-15-20(8-11-25(23)32)28(33)24(12-17-6-9-22(10-7-17)41(34)39)26(13-18-4-5-18)35-30-36-27(16-40-30)29(37)38/h1-3,6-11,14-16,18H,4-5,12-13,33-34H2,(H,37,38). The van der Waals surface area contributed by atoms with Crippen LogP contribution in [0, 0.1) is 17.6 Å². The second-order valence-corrected chi connectivity index (χ2v) is 11.6. The number of carbonyl (C=O) groups is 1. The molecule has 0 aliphatic heterocycles. The fraction of sp³-hybridized carbons (Fsp3) is 0.167. The number of halogens is 2. The van der Waals surface area contributed by atoms with Crippen molar-refractivity contribution in [3.8, 4) is 11.1 Å². The topological polar surface area (TPSA) is 138 Å². The smallest absolute Gasteiger partial charge is 0.355 e. The number of rotatable bonds is 10. The number of nitrogens with two attached hydrogens (primary N) is 2. The first-order valence-corrected chi connectivity index (χ1v) is 14.8. The van der Waals surface area contributed by atoms with Crippen LogP contribution in [0.2, 0.25) is 0 Å². The molecule has 1 unspecified atom stereocenters. The summed E-state index contributed by atoms with van der Waals surface area (Å²) in [4.78, 5) is 20.8. The number of nitrogens with zero attached hydrogens (tertiary/aromatic N) is 2. The Kier molecular flexibility index (Phi) is 8.60. The van der Waals surface area contributed by atoms with Crippen molar-refractivity contribution in [2.45, 2.75) is 30.6 Å². The molecule has 4 aromatic rings. The van der Waals surface area contributed by atoms with Gasteiger partial charge in [-0.3, -0.25) is 0 Å². The number of benzene rings is 3. The summed E-state index contributed by atoms with van der Waals surface area (Å²) in [5.41, 5.74) is 10.3. The summed E-state index contributed by atoms with van der Waals surface area (Å²) in [5, 5.41) is 16.6. The third-order valence-electron chi connectivity index (χ3n) is 6.74. The highest BCUT2D eigenvalue weighted by atomic mass is 32.2. The van der Waals surface area contributed by atoms with Gasteiger partial charge in [0.2, 0.25) is 5.13 Å². The van der Waals surface area contributed by atoms with Gasteiger partial charge in [0.15, 0.2) is 10.6 Å². The molecule has 0 amide bonds. The van der Waals surface area contributed by atoms with Gasteiger partial charge in [-0.15, -0.1) is 16.5 Å². The number of hydrogen-bond donors (Lipinski definition) is 3. The summed E-state index contributed by atoms with van der Waals surface area (Å²) in [7, 11) is 0. The van der Waals surface area contributed by atoms with E-state index in [1.54, 1.807) is 42.5 Å². The quantitative estimate of drug-likeness (QED) is 0.147. The fourth-order valence-electron chi connectivity index (χ4n) is 4.40. The lowest BCUT2D eigenvalue weighted by molar-refractivity contribution is 0.0691. The Balaban J connectivity index is 1.64. The molecule has 5 N–H and O–H groups in total. The van der Waals surface area contributed by atoms with E-state index >= 15 is 0 Å². The molecule has 0 spiro atoms. The summed E-state index contributed by atoms with van der Waals surface area (Å²) in [5.74, 6) is -1.75. The minimum atomic E-state index is -1.63. The maximum absolute atomic E-state index is 14.9. The molecule has 1 heterocycles. The van der Waals surface area contributed by atoms with Gasteiger partial charge in [-0.1, -0.05) is 24.3 Å². The Morgan fingerprint density at radius 3 is 2.51 bits per heavy atom. The van der Waals surface area contributed by atoms with E-state index in [1.807, 2.05) is 0 Å². The van der Waals surface area contributed by atoms with Crippen LogP contribution in [0.4, 0.5) is 13.9 Å². The predicted molar refractivity (Wildman–Crippen MR) is 157 cm³/mol. The maximum Gasteiger partial charge on any atom is 0.355 e. The molecular formula is C30H26F2N4O3S2. The van der Waals surface area contributed by atoms with Crippen LogP contribution >= 0.6 is 11.3 Å². The van der Waals surface area contributed by atoms with E-state index in [4.69, 9.17) is 15.9 Å². The van der Waals surface area contributed by atoms with Crippen molar-refractivity contribution in [1.29, 1.82) is 0 Å². The number of aliphatic imine (C=N–C) groups is 1. The van der Waals surface area contributed by atoms with Crippen molar-refractivity contribution >= 4 is 45.2 Å².